The highest BCUT2D eigenvalue weighted by atomic mass is 127. The summed E-state index contributed by atoms with van der Waals surface area (Å²) in [6.07, 6.45) is 3.36. The number of aromatic nitrogens is 1. The number of nitrogens with zero attached hydrogens (tertiary/aromatic N) is 4. The van der Waals surface area contributed by atoms with E-state index in [1.54, 1.807) is 24.6 Å². The Kier molecular flexibility index (Phi) is 6.36. The third-order valence-corrected chi connectivity index (χ3v) is 6.52. The van der Waals surface area contributed by atoms with E-state index in [0.29, 0.717) is 0 Å². The fourth-order valence-electron chi connectivity index (χ4n) is 3.54. The first-order chi connectivity index (χ1) is 16.2. The van der Waals surface area contributed by atoms with Crippen molar-refractivity contribution in [3.8, 4) is 5.75 Å². The van der Waals surface area contributed by atoms with Crippen molar-refractivity contribution in [3.63, 3.8) is 0 Å². The largest absolute Gasteiger partial charge is 0.497 e. The van der Waals surface area contributed by atoms with Crippen LogP contribution in [0.25, 0.3) is 0 Å². The number of anilines is 1. The molecule has 1 aliphatic heterocycles. The molecule has 2 heterocycles. The number of amidine groups is 1. The predicted octanol–water partition coefficient (Wildman–Crippen LogP) is 6.30. The van der Waals surface area contributed by atoms with Gasteiger partial charge in [0.25, 0.3) is 0 Å². The highest BCUT2D eigenvalue weighted by Gasteiger charge is 2.31. The number of fused-ring (bicyclic) bond motifs is 1. The van der Waals surface area contributed by atoms with Crippen LogP contribution in [0.3, 0.4) is 0 Å². The molecule has 33 heavy (non-hydrogen) atoms. The topological polar surface area (TPSA) is 62.1 Å². The van der Waals surface area contributed by atoms with Gasteiger partial charge in [-0.25, -0.2) is 15.0 Å². The molecule has 0 saturated carbocycles. The lowest BCUT2D eigenvalue weighted by Crippen LogP contribution is -2.38. The fraction of sp³-hybridized carbons (Fsp3) is 0.0800. The summed E-state index contributed by atoms with van der Waals surface area (Å²) >= 11 is 3.89. The lowest BCUT2D eigenvalue weighted by molar-refractivity contribution is 0.360. The Morgan fingerprint density at radius 3 is 2.64 bits per heavy atom. The molecule has 3 aromatic carbocycles. The van der Waals surface area contributed by atoms with Gasteiger partial charge in [0.15, 0.2) is 17.1 Å². The highest BCUT2D eigenvalue weighted by molar-refractivity contribution is 14.1. The maximum Gasteiger partial charge on any atom is 0.184 e. The number of methoxy groups -OCH3 is 1. The van der Waals surface area contributed by atoms with Gasteiger partial charge >= 0.3 is 0 Å². The summed E-state index contributed by atoms with van der Waals surface area (Å²) in [7, 11) is 1.66. The van der Waals surface area contributed by atoms with Crippen LogP contribution >= 0.6 is 33.9 Å². The van der Waals surface area contributed by atoms with Crippen molar-refractivity contribution in [2.45, 2.75) is 6.17 Å². The molecule has 1 aromatic heterocycles. The van der Waals surface area contributed by atoms with E-state index in [1.165, 1.54) is 0 Å². The van der Waals surface area contributed by atoms with Crippen LogP contribution in [-0.2, 0) is 0 Å². The van der Waals surface area contributed by atoms with E-state index in [9.17, 15) is 0 Å². The van der Waals surface area contributed by atoms with Crippen LogP contribution in [0.1, 0.15) is 22.9 Å². The number of ether oxygens (including phenoxy) is 1. The van der Waals surface area contributed by atoms with Gasteiger partial charge in [0.1, 0.15) is 5.75 Å². The molecule has 1 unspecified atom stereocenters. The Morgan fingerprint density at radius 2 is 1.91 bits per heavy atom. The smallest absolute Gasteiger partial charge is 0.184 e. The first-order valence-corrected chi connectivity index (χ1v) is 12.2. The zero-order chi connectivity index (χ0) is 22.6. The number of hydrazone groups is 1. The Bertz CT molecular complexity index is 1290. The van der Waals surface area contributed by atoms with Crippen LogP contribution in [-0.4, -0.2) is 29.2 Å². The van der Waals surface area contributed by atoms with E-state index in [4.69, 9.17) is 14.8 Å². The number of aliphatic imine (C=N–C) groups is 1. The number of halogens is 1. The summed E-state index contributed by atoms with van der Waals surface area (Å²) in [6, 6.07) is 24.2. The molecule has 0 bridgehead atoms. The third-order valence-electron chi connectivity index (χ3n) is 5.14. The summed E-state index contributed by atoms with van der Waals surface area (Å²) in [6.45, 7) is 0. The molecule has 4 aromatic rings. The van der Waals surface area contributed by atoms with Crippen LogP contribution in [0.5, 0.6) is 5.75 Å². The summed E-state index contributed by atoms with van der Waals surface area (Å²) < 4.78 is 6.41. The average Bonchev–Trinajstić information content (AvgIpc) is 3.37. The molecule has 0 radical (unpaired) electrons. The molecule has 0 spiro atoms. The molecule has 8 heteroatoms. The first kappa shape index (κ1) is 21.6. The number of nitrogens with one attached hydrogen (secondary N) is 1. The van der Waals surface area contributed by atoms with Crippen LogP contribution < -0.4 is 10.1 Å². The molecule has 1 N–H and O–H groups in total. The number of thiazole rings is 1. The van der Waals surface area contributed by atoms with Crippen molar-refractivity contribution in [1.29, 1.82) is 0 Å². The van der Waals surface area contributed by atoms with E-state index in [1.807, 2.05) is 71.2 Å². The fourth-order valence-corrected chi connectivity index (χ4v) is 4.61. The maximum absolute atomic E-state index is 5.27. The van der Waals surface area contributed by atoms with Gasteiger partial charge in [-0.1, -0.05) is 30.3 Å². The quantitative estimate of drug-likeness (QED) is 0.220. The Morgan fingerprint density at radius 1 is 1.09 bits per heavy atom. The van der Waals surface area contributed by atoms with Gasteiger partial charge in [-0.3, -0.25) is 0 Å². The molecule has 5 rings (SSSR count). The average molecular weight is 565 g/mol. The molecule has 0 aliphatic carbocycles. The zero-order valence-corrected chi connectivity index (χ0v) is 20.7. The second kappa shape index (κ2) is 9.72. The third kappa shape index (κ3) is 4.76. The van der Waals surface area contributed by atoms with Crippen molar-refractivity contribution in [2.24, 2.45) is 10.1 Å². The van der Waals surface area contributed by atoms with Crippen LogP contribution in [0.4, 0.5) is 10.8 Å². The molecular formula is C25H20IN5OS. The molecule has 0 amide bonds. The van der Waals surface area contributed by atoms with Crippen LogP contribution in [0.2, 0.25) is 0 Å². The lowest BCUT2D eigenvalue weighted by Gasteiger charge is -2.35. The Hall–Kier alpha value is -3.24. The van der Waals surface area contributed by atoms with Crippen molar-refractivity contribution < 1.29 is 4.74 Å². The molecule has 1 atom stereocenters. The lowest BCUT2D eigenvalue weighted by atomic mass is 10.1. The van der Waals surface area contributed by atoms with Crippen molar-refractivity contribution >= 4 is 56.8 Å². The number of hydrogen-bond donors (Lipinski definition) is 1. The minimum atomic E-state index is -0.275. The van der Waals surface area contributed by atoms with Crippen molar-refractivity contribution in [2.75, 3.05) is 12.4 Å². The number of benzene rings is 3. The van der Waals surface area contributed by atoms with Gasteiger partial charge < -0.3 is 10.1 Å². The number of hydrogen-bond acceptors (Lipinski definition) is 7. The van der Waals surface area contributed by atoms with Crippen molar-refractivity contribution in [1.82, 2.24) is 9.99 Å². The maximum atomic E-state index is 5.27. The second-order valence-electron chi connectivity index (χ2n) is 7.25. The van der Waals surface area contributed by atoms with Crippen LogP contribution in [0.15, 0.2) is 94.5 Å². The van der Waals surface area contributed by atoms with E-state index in [0.717, 1.165) is 42.7 Å². The van der Waals surface area contributed by atoms with Crippen LogP contribution in [0, 0.1) is 3.57 Å². The summed E-state index contributed by atoms with van der Waals surface area (Å²) in [5.74, 6) is 1.58. The van der Waals surface area contributed by atoms with E-state index in [2.05, 4.69) is 51.1 Å². The normalized spacial score (nSPS) is 15.3. The molecule has 0 saturated heterocycles. The second-order valence-corrected chi connectivity index (χ2v) is 9.39. The molecule has 0 fully saturated rings. The van der Waals surface area contributed by atoms with E-state index in [-0.39, 0.29) is 6.17 Å². The predicted molar refractivity (Wildman–Crippen MR) is 143 cm³/mol. The van der Waals surface area contributed by atoms with Gasteiger partial charge in [0.2, 0.25) is 0 Å². The standard InChI is InChI=1S/C25H20IN5OS/c1-32-20-10-7-17(8-11-20)16-28-31-23(18-5-3-2-4-6-18)29-22-12-9-19(26)15-21(22)24(31)30-25-27-13-14-33-25/h2-16,24H,1H3,(H,27,30)/b28-16+. The van der Waals surface area contributed by atoms with E-state index < -0.39 is 0 Å². The molecule has 1 aliphatic rings. The van der Waals surface area contributed by atoms with Gasteiger partial charge in [0.05, 0.1) is 19.0 Å². The van der Waals surface area contributed by atoms with Crippen molar-refractivity contribution in [3.05, 3.63) is 105 Å². The highest BCUT2D eigenvalue weighted by Crippen LogP contribution is 2.38. The van der Waals surface area contributed by atoms with Gasteiger partial charge in [-0.2, -0.15) is 5.10 Å². The SMILES string of the molecule is COc1ccc(/C=N/N2C(c3ccccc3)=Nc3ccc(I)cc3C2Nc2nccs2)cc1. The summed E-state index contributed by atoms with van der Waals surface area (Å²) in [5, 5.41) is 13.2. The summed E-state index contributed by atoms with van der Waals surface area (Å²) in [5.41, 5.74) is 3.91. The Balaban J connectivity index is 1.62. The minimum Gasteiger partial charge on any atom is -0.497 e. The molecule has 164 valence electrons. The number of rotatable bonds is 6. The first-order valence-electron chi connectivity index (χ1n) is 10.3. The Labute approximate surface area is 209 Å². The van der Waals surface area contributed by atoms with E-state index >= 15 is 0 Å². The minimum absolute atomic E-state index is 0.275. The zero-order valence-electron chi connectivity index (χ0n) is 17.7. The molecular weight excluding hydrogens is 545 g/mol. The summed E-state index contributed by atoms with van der Waals surface area (Å²) in [4.78, 5) is 9.45. The van der Waals surface area contributed by atoms with Gasteiger partial charge in [0, 0.05) is 26.3 Å². The molecule has 6 nitrogen and oxygen atoms in total. The monoisotopic (exact) mass is 565 g/mol. The van der Waals surface area contributed by atoms with Gasteiger partial charge in [-0.05, 0) is 70.6 Å². The van der Waals surface area contributed by atoms with Gasteiger partial charge in [-0.15, -0.1) is 11.3 Å².